The van der Waals surface area contributed by atoms with Crippen molar-refractivity contribution in [2.75, 3.05) is 0 Å². The monoisotopic (exact) mass is 269 g/mol. The van der Waals surface area contributed by atoms with Gasteiger partial charge in [-0.15, -0.1) is 0 Å². The molecule has 0 saturated carbocycles. The molecule has 19 heavy (non-hydrogen) atoms. The van der Waals surface area contributed by atoms with Gasteiger partial charge in [-0.05, 0) is 35.6 Å². The van der Waals surface area contributed by atoms with Gasteiger partial charge in [0.05, 0.1) is 6.57 Å². The Labute approximate surface area is 119 Å². The molecule has 2 heteroatoms. The van der Waals surface area contributed by atoms with Crippen LogP contribution in [0.4, 0.5) is 5.69 Å². The quantitative estimate of drug-likeness (QED) is 0.609. The summed E-state index contributed by atoms with van der Waals surface area (Å²) < 4.78 is 0. The molecule has 0 spiro atoms. The Balaban J connectivity index is 2.32. The molecule has 0 aliphatic carbocycles. The molecule has 0 fully saturated rings. The van der Waals surface area contributed by atoms with E-state index in [4.69, 9.17) is 18.2 Å². The number of hydrogen-bond acceptors (Lipinski definition) is 0. The number of nitrogens with zero attached hydrogens (tertiary/aromatic N) is 1. The van der Waals surface area contributed by atoms with Crippen LogP contribution in [0.15, 0.2) is 42.5 Å². The summed E-state index contributed by atoms with van der Waals surface area (Å²) in [6.45, 7) is 9.42. The Kier molecular flexibility index (Phi) is 4.60. The number of halogens is 1. The third-order valence-electron chi connectivity index (χ3n) is 3.16. The highest BCUT2D eigenvalue weighted by Gasteiger charge is 2.06. The topological polar surface area (TPSA) is 4.36 Å². The van der Waals surface area contributed by atoms with Gasteiger partial charge in [0.2, 0.25) is 0 Å². The molecule has 2 aromatic rings. The molecule has 0 bridgehead atoms. The Hall–Kier alpha value is -1.78. The highest BCUT2D eigenvalue weighted by atomic mass is 35.5. The van der Waals surface area contributed by atoms with Gasteiger partial charge in [0.15, 0.2) is 5.69 Å². The average molecular weight is 270 g/mol. The summed E-state index contributed by atoms with van der Waals surface area (Å²) in [6, 6.07) is 13.8. The zero-order valence-electron chi connectivity index (χ0n) is 11.0. The second-order valence-electron chi connectivity index (χ2n) is 4.57. The molecular weight excluding hydrogens is 254 g/mol. The van der Waals surface area contributed by atoms with Gasteiger partial charge in [-0.3, -0.25) is 0 Å². The summed E-state index contributed by atoms with van der Waals surface area (Å²) in [5.74, 6) is 0. The first kappa shape index (κ1) is 13.6. The molecule has 0 aliphatic rings. The Bertz CT molecular complexity index is 594. The van der Waals surface area contributed by atoms with E-state index in [2.05, 4.69) is 36.0 Å². The standard InChI is InChI=1S/C17H16ClN/c1-3-4-5-13-6-8-14(9-7-13)16-12-15(18)10-11-17(16)19-2/h6-12H,3-5H2,1H3. The van der Waals surface area contributed by atoms with Crippen molar-refractivity contribution in [2.24, 2.45) is 0 Å². The summed E-state index contributed by atoms with van der Waals surface area (Å²) in [7, 11) is 0. The lowest BCUT2D eigenvalue weighted by Crippen LogP contribution is -1.85. The fraction of sp³-hybridized carbons (Fsp3) is 0.235. The summed E-state index contributed by atoms with van der Waals surface area (Å²) in [5.41, 5.74) is 3.95. The average Bonchev–Trinajstić information content (AvgIpc) is 2.45. The van der Waals surface area contributed by atoms with Crippen LogP contribution in [0.3, 0.4) is 0 Å². The van der Waals surface area contributed by atoms with E-state index < -0.39 is 0 Å². The minimum atomic E-state index is 0.644. The van der Waals surface area contributed by atoms with E-state index in [1.807, 2.05) is 6.07 Å². The van der Waals surface area contributed by atoms with Gasteiger partial charge >= 0.3 is 0 Å². The molecule has 96 valence electrons. The summed E-state index contributed by atoms with van der Waals surface area (Å²) in [5, 5.41) is 0.664. The van der Waals surface area contributed by atoms with Gasteiger partial charge in [0.1, 0.15) is 0 Å². The highest BCUT2D eigenvalue weighted by Crippen LogP contribution is 2.33. The van der Waals surface area contributed by atoms with Crippen molar-refractivity contribution >= 4 is 17.3 Å². The molecule has 0 saturated heterocycles. The lowest BCUT2D eigenvalue weighted by atomic mass is 10.0. The summed E-state index contributed by atoms with van der Waals surface area (Å²) in [6.07, 6.45) is 3.53. The number of aryl methyl sites for hydroxylation is 1. The predicted molar refractivity (Wildman–Crippen MR) is 81.8 cm³/mol. The van der Waals surface area contributed by atoms with Crippen LogP contribution in [0.25, 0.3) is 16.0 Å². The molecule has 2 rings (SSSR count). The molecule has 0 N–H and O–H groups in total. The van der Waals surface area contributed by atoms with Crippen LogP contribution >= 0.6 is 11.6 Å². The van der Waals surface area contributed by atoms with E-state index in [0.717, 1.165) is 17.5 Å². The lowest BCUT2D eigenvalue weighted by Gasteiger charge is -2.07. The van der Waals surface area contributed by atoms with E-state index in [9.17, 15) is 0 Å². The van der Waals surface area contributed by atoms with Crippen LogP contribution in [-0.4, -0.2) is 0 Å². The van der Waals surface area contributed by atoms with Crippen molar-refractivity contribution in [3.63, 3.8) is 0 Å². The molecule has 0 heterocycles. The first-order valence-corrected chi connectivity index (χ1v) is 6.88. The van der Waals surface area contributed by atoms with Crippen LogP contribution in [0.1, 0.15) is 25.3 Å². The second kappa shape index (κ2) is 6.41. The Morgan fingerprint density at radius 2 is 1.84 bits per heavy atom. The molecule has 0 amide bonds. The fourth-order valence-corrected chi connectivity index (χ4v) is 2.24. The van der Waals surface area contributed by atoms with Crippen molar-refractivity contribution in [1.82, 2.24) is 0 Å². The van der Waals surface area contributed by atoms with E-state index in [0.29, 0.717) is 10.7 Å². The van der Waals surface area contributed by atoms with Gasteiger partial charge in [-0.2, -0.15) is 0 Å². The molecule has 2 aromatic carbocycles. The number of hydrogen-bond donors (Lipinski definition) is 0. The van der Waals surface area contributed by atoms with Crippen LogP contribution in [0.2, 0.25) is 5.02 Å². The van der Waals surface area contributed by atoms with Crippen molar-refractivity contribution in [3.05, 3.63) is 64.5 Å². The van der Waals surface area contributed by atoms with Crippen LogP contribution in [0, 0.1) is 6.57 Å². The van der Waals surface area contributed by atoms with E-state index in [1.54, 1.807) is 12.1 Å². The molecule has 0 atom stereocenters. The van der Waals surface area contributed by atoms with Crippen molar-refractivity contribution in [3.8, 4) is 11.1 Å². The van der Waals surface area contributed by atoms with Gasteiger partial charge in [0, 0.05) is 5.02 Å². The molecule has 0 unspecified atom stereocenters. The van der Waals surface area contributed by atoms with E-state index in [-0.39, 0.29) is 0 Å². The smallest absolute Gasteiger partial charge is 0.195 e. The third kappa shape index (κ3) is 3.36. The number of unbranched alkanes of at least 4 members (excludes halogenated alkanes) is 1. The van der Waals surface area contributed by atoms with E-state index in [1.165, 1.54) is 18.4 Å². The minimum absolute atomic E-state index is 0.644. The first-order chi connectivity index (χ1) is 9.24. The Morgan fingerprint density at radius 1 is 1.11 bits per heavy atom. The molecule has 0 aliphatic heterocycles. The normalized spacial score (nSPS) is 10.2. The molecule has 0 radical (unpaired) electrons. The molecule has 1 nitrogen and oxygen atoms in total. The van der Waals surface area contributed by atoms with Crippen LogP contribution in [0.5, 0.6) is 0 Å². The van der Waals surface area contributed by atoms with Crippen LogP contribution < -0.4 is 0 Å². The SMILES string of the molecule is [C-]#[N+]c1ccc(Cl)cc1-c1ccc(CCCC)cc1. The lowest BCUT2D eigenvalue weighted by molar-refractivity contribution is 0.795. The highest BCUT2D eigenvalue weighted by molar-refractivity contribution is 6.31. The summed E-state index contributed by atoms with van der Waals surface area (Å²) in [4.78, 5) is 3.55. The number of benzene rings is 2. The zero-order valence-corrected chi connectivity index (χ0v) is 11.7. The Morgan fingerprint density at radius 3 is 2.47 bits per heavy atom. The van der Waals surface area contributed by atoms with Gasteiger partial charge in [-0.1, -0.05) is 61.3 Å². The van der Waals surface area contributed by atoms with Gasteiger partial charge < -0.3 is 0 Å². The van der Waals surface area contributed by atoms with Gasteiger partial charge in [0.25, 0.3) is 0 Å². The largest absolute Gasteiger partial charge is 0.238 e. The summed E-state index contributed by atoms with van der Waals surface area (Å²) >= 11 is 6.02. The zero-order chi connectivity index (χ0) is 13.7. The van der Waals surface area contributed by atoms with E-state index >= 15 is 0 Å². The maximum Gasteiger partial charge on any atom is 0.195 e. The van der Waals surface area contributed by atoms with Crippen LogP contribution in [-0.2, 0) is 6.42 Å². The first-order valence-electron chi connectivity index (χ1n) is 6.51. The van der Waals surface area contributed by atoms with Crippen molar-refractivity contribution in [2.45, 2.75) is 26.2 Å². The molecular formula is C17H16ClN. The predicted octanol–water partition coefficient (Wildman–Crippen LogP) is 5.90. The maximum atomic E-state index is 7.22. The fourth-order valence-electron chi connectivity index (χ4n) is 2.07. The van der Waals surface area contributed by atoms with Gasteiger partial charge in [-0.25, -0.2) is 4.85 Å². The third-order valence-corrected chi connectivity index (χ3v) is 3.40. The second-order valence-corrected chi connectivity index (χ2v) is 5.01. The maximum absolute atomic E-state index is 7.22. The minimum Gasteiger partial charge on any atom is -0.238 e. The van der Waals surface area contributed by atoms with Crippen molar-refractivity contribution < 1.29 is 0 Å². The molecule has 0 aromatic heterocycles. The number of rotatable bonds is 4. The van der Waals surface area contributed by atoms with Crippen molar-refractivity contribution in [1.29, 1.82) is 0 Å².